The third-order valence-electron chi connectivity index (χ3n) is 2.92. The van der Waals surface area contributed by atoms with Crippen LogP contribution in [0.2, 0.25) is 10.0 Å². The zero-order chi connectivity index (χ0) is 16.2. The number of carbonyl (C=O) groups excluding carboxylic acids is 1. The van der Waals surface area contributed by atoms with Gasteiger partial charge >= 0.3 is 0 Å². The van der Waals surface area contributed by atoms with Crippen LogP contribution in [0.3, 0.4) is 0 Å². The maximum Gasteiger partial charge on any atom is 0.244 e. The smallest absolute Gasteiger partial charge is 0.244 e. The molecule has 0 aliphatic rings. The number of nitrogens with zero attached hydrogens (tertiary/aromatic N) is 2. The molecule has 0 bridgehead atoms. The summed E-state index contributed by atoms with van der Waals surface area (Å²) in [4.78, 5) is 12.7. The monoisotopic (exact) mass is 351 g/mol. The molecule has 0 spiro atoms. The lowest BCUT2D eigenvalue weighted by atomic mass is 10.2. The molecule has 0 fully saturated rings. The first kappa shape index (κ1) is 18.4. The van der Waals surface area contributed by atoms with E-state index in [0.717, 1.165) is 6.54 Å². The van der Waals surface area contributed by atoms with Crippen molar-refractivity contribution in [2.24, 2.45) is 0 Å². The summed E-state index contributed by atoms with van der Waals surface area (Å²) in [5, 5.41) is -0.124. The van der Waals surface area contributed by atoms with E-state index in [2.05, 4.69) is 0 Å². The minimum absolute atomic E-state index is 0.0733. The van der Waals surface area contributed by atoms with E-state index in [9.17, 15) is 13.2 Å². The van der Waals surface area contributed by atoms with Crippen LogP contribution in [0.25, 0.3) is 0 Å². The number of rotatable bonds is 7. The maximum absolute atomic E-state index is 12.5. The van der Waals surface area contributed by atoms with Crippen LogP contribution in [0.15, 0.2) is 17.0 Å². The zero-order valence-electron chi connectivity index (χ0n) is 12.1. The van der Waals surface area contributed by atoms with E-state index in [1.54, 1.807) is 6.29 Å². The summed E-state index contributed by atoms with van der Waals surface area (Å²) < 4.78 is 26.1. The summed E-state index contributed by atoms with van der Waals surface area (Å²) in [6.45, 7) is 1.11. The average molecular weight is 352 g/mol. The molecular weight excluding hydrogens is 335 g/mol. The van der Waals surface area contributed by atoms with Gasteiger partial charge in [0, 0.05) is 13.6 Å². The highest BCUT2D eigenvalue weighted by Crippen LogP contribution is 2.31. The molecule has 0 aliphatic heterocycles. The lowest BCUT2D eigenvalue weighted by Crippen LogP contribution is -2.30. The van der Waals surface area contributed by atoms with Crippen molar-refractivity contribution in [1.29, 1.82) is 0 Å². The highest BCUT2D eigenvalue weighted by atomic mass is 35.5. The van der Waals surface area contributed by atoms with Gasteiger partial charge in [-0.05, 0) is 39.2 Å². The second-order valence-corrected chi connectivity index (χ2v) is 7.62. The maximum atomic E-state index is 12.5. The Morgan fingerprint density at radius 3 is 2.29 bits per heavy atom. The van der Waals surface area contributed by atoms with Gasteiger partial charge in [0.15, 0.2) is 0 Å². The highest BCUT2D eigenvalue weighted by molar-refractivity contribution is 7.89. The van der Waals surface area contributed by atoms with Gasteiger partial charge in [-0.1, -0.05) is 23.2 Å². The Labute approximate surface area is 135 Å². The SMILES string of the molecule is CN(C)CCCN(C)S(=O)(=O)c1ccc(Cl)c([C]=O)c1Cl. The van der Waals surface area contributed by atoms with E-state index in [1.165, 1.54) is 23.5 Å². The summed E-state index contributed by atoms with van der Waals surface area (Å²) in [7, 11) is 1.53. The van der Waals surface area contributed by atoms with Gasteiger partial charge in [-0.3, -0.25) is 4.79 Å². The number of hydrogen-bond acceptors (Lipinski definition) is 4. The van der Waals surface area contributed by atoms with Crippen molar-refractivity contribution in [2.75, 3.05) is 34.2 Å². The Morgan fingerprint density at radius 1 is 1.14 bits per heavy atom. The molecule has 8 heteroatoms. The Kier molecular flexibility index (Phi) is 6.62. The fourth-order valence-corrected chi connectivity index (χ4v) is 3.74. The quantitative estimate of drug-likeness (QED) is 0.753. The van der Waals surface area contributed by atoms with Crippen LogP contribution in [0.4, 0.5) is 0 Å². The van der Waals surface area contributed by atoms with Crippen LogP contribution >= 0.6 is 23.2 Å². The first-order valence-electron chi connectivity index (χ1n) is 6.19. The van der Waals surface area contributed by atoms with Crippen LogP contribution in [-0.4, -0.2) is 58.1 Å². The molecular formula is C13H17Cl2N2O3S. The van der Waals surface area contributed by atoms with Crippen molar-refractivity contribution in [2.45, 2.75) is 11.3 Å². The molecule has 0 amide bonds. The molecule has 0 aliphatic carbocycles. The largest absolute Gasteiger partial charge is 0.309 e. The Hall–Kier alpha value is -0.660. The van der Waals surface area contributed by atoms with Crippen LogP contribution in [-0.2, 0) is 14.8 Å². The molecule has 1 rings (SSSR count). The van der Waals surface area contributed by atoms with Crippen LogP contribution in [0, 0.1) is 0 Å². The van der Waals surface area contributed by atoms with E-state index < -0.39 is 10.0 Å². The summed E-state index contributed by atoms with van der Waals surface area (Å²) in [5.41, 5.74) is -0.138. The van der Waals surface area contributed by atoms with E-state index in [4.69, 9.17) is 23.2 Å². The van der Waals surface area contributed by atoms with E-state index in [1.807, 2.05) is 19.0 Å². The van der Waals surface area contributed by atoms with Crippen molar-refractivity contribution in [3.05, 3.63) is 27.7 Å². The fourth-order valence-electron chi connectivity index (χ4n) is 1.72. The van der Waals surface area contributed by atoms with Gasteiger partial charge in [0.05, 0.1) is 15.6 Å². The molecule has 1 aromatic carbocycles. The number of sulfonamides is 1. The lowest BCUT2D eigenvalue weighted by molar-refractivity contribution is 0.370. The summed E-state index contributed by atoms with van der Waals surface area (Å²) in [5.74, 6) is 0. The zero-order valence-corrected chi connectivity index (χ0v) is 14.4. The van der Waals surface area contributed by atoms with E-state index >= 15 is 0 Å². The Balaban J connectivity index is 3.05. The van der Waals surface area contributed by atoms with Gasteiger partial charge in [-0.25, -0.2) is 12.7 Å². The molecule has 0 aromatic heterocycles. The van der Waals surface area contributed by atoms with E-state index in [0.29, 0.717) is 13.0 Å². The molecule has 0 N–H and O–H groups in total. The Morgan fingerprint density at radius 2 is 1.76 bits per heavy atom. The minimum atomic E-state index is -3.77. The summed E-state index contributed by atoms with van der Waals surface area (Å²) in [6.07, 6.45) is 2.25. The highest BCUT2D eigenvalue weighted by Gasteiger charge is 2.25. The standard InChI is InChI=1S/C13H17Cl2N2O3S/c1-16(2)7-4-8-17(3)21(19,20)12-6-5-11(14)10(9-18)13(12)15/h5-6H,4,7-8H2,1-3H3. The molecule has 1 radical (unpaired) electrons. The van der Waals surface area contributed by atoms with Gasteiger partial charge in [-0.2, -0.15) is 0 Å². The lowest BCUT2D eigenvalue weighted by Gasteiger charge is -2.19. The average Bonchev–Trinajstić information content (AvgIpc) is 2.38. The number of hydrogen-bond donors (Lipinski definition) is 0. The van der Waals surface area contributed by atoms with Crippen molar-refractivity contribution < 1.29 is 13.2 Å². The molecule has 5 nitrogen and oxygen atoms in total. The third-order valence-corrected chi connectivity index (χ3v) is 5.64. The third kappa shape index (κ3) is 4.40. The minimum Gasteiger partial charge on any atom is -0.309 e. The van der Waals surface area contributed by atoms with Crippen molar-refractivity contribution in [3.63, 3.8) is 0 Å². The van der Waals surface area contributed by atoms with Crippen molar-refractivity contribution in [3.8, 4) is 0 Å². The summed E-state index contributed by atoms with van der Waals surface area (Å²) in [6, 6.07) is 2.62. The van der Waals surface area contributed by atoms with Gasteiger partial charge in [0.2, 0.25) is 16.3 Å². The topological polar surface area (TPSA) is 57.7 Å². The number of benzene rings is 1. The van der Waals surface area contributed by atoms with Gasteiger partial charge in [0.25, 0.3) is 0 Å². The molecule has 0 saturated carbocycles. The first-order chi connectivity index (χ1) is 9.71. The Bertz CT molecular complexity index is 618. The number of halogens is 2. The predicted octanol–water partition coefficient (Wildman–Crippen LogP) is 2.02. The molecule has 117 valence electrons. The van der Waals surface area contributed by atoms with Crippen molar-refractivity contribution >= 4 is 39.5 Å². The molecule has 0 unspecified atom stereocenters. The predicted molar refractivity (Wildman–Crippen MR) is 84.2 cm³/mol. The second-order valence-electron chi connectivity index (χ2n) is 4.82. The van der Waals surface area contributed by atoms with Crippen LogP contribution in [0.5, 0.6) is 0 Å². The molecule has 21 heavy (non-hydrogen) atoms. The molecule has 0 heterocycles. The fraction of sp³-hybridized carbons (Fsp3) is 0.462. The first-order valence-corrected chi connectivity index (χ1v) is 8.38. The molecule has 0 saturated heterocycles. The second kappa shape index (κ2) is 7.56. The summed E-state index contributed by atoms with van der Waals surface area (Å²) >= 11 is 11.8. The van der Waals surface area contributed by atoms with Gasteiger partial charge in [-0.15, -0.1) is 0 Å². The van der Waals surface area contributed by atoms with E-state index in [-0.39, 0.29) is 20.5 Å². The normalized spacial score (nSPS) is 12.1. The van der Waals surface area contributed by atoms with Gasteiger partial charge in [0.1, 0.15) is 4.90 Å². The molecule has 1 aromatic rings. The van der Waals surface area contributed by atoms with Crippen molar-refractivity contribution in [1.82, 2.24) is 9.21 Å². The van der Waals surface area contributed by atoms with Gasteiger partial charge < -0.3 is 4.90 Å². The van der Waals surface area contributed by atoms with Crippen LogP contribution < -0.4 is 0 Å². The van der Waals surface area contributed by atoms with Crippen LogP contribution in [0.1, 0.15) is 12.0 Å². The molecule has 0 atom stereocenters.